The van der Waals surface area contributed by atoms with Gasteiger partial charge in [0.1, 0.15) is 9.32 Å². The fourth-order valence-corrected chi connectivity index (χ4v) is 7.93. The molecule has 33 heavy (non-hydrogen) atoms. The summed E-state index contributed by atoms with van der Waals surface area (Å²) in [6, 6.07) is 3.22. The second-order valence-corrected chi connectivity index (χ2v) is 12.6. The molecule has 13 heteroatoms. The van der Waals surface area contributed by atoms with Crippen LogP contribution in [0.5, 0.6) is 5.75 Å². The topological polar surface area (TPSA) is 87.7 Å². The van der Waals surface area contributed by atoms with Crippen molar-refractivity contribution >= 4 is 154 Å². The molecule has 0 saturated heterocycles. The molecule has 0 unspecified atom stereocenters. The summed E-state index contributed by atoms with van der Waals surface area (Å²) in [6.07, 6.45) is 0. The molecule has 0 radical (unpaired) electrons. The Kier molecular flexibility index (Phi) is 7.84. The normalized spacial score (nSPS) is 11.5. The van der Waals surface area contributed by atoms with Gasteiger partial charge in [0.2, 0.25) is 5.43 Å². The smallest absolute Gasteiger partial charge is 0.337 e. The summed E-state index contributed by atoms with van der Waals surface area (Å²) in [5, 5.41) is 20.3. The Morgan fingerprint density at radius 2 is 1.52 bits per heavy atom. The number of carboxylic acid groups (broad SMARTS) is 1. The monoisotopic (exact) mass is 967 g/mol. The van der Waals surface area contributed by atoms with Crippen molar-refractivity contribution in [3.8, 4) is 28.2 Å². The van der Waals surface area contributed by atoms with Crippen molar-refractivity contribution in [2.75, 3.05) is 0 Å². The van der Waals surface area contributed by atoms with Gasteiger partial charge in [-0.15, -0.1) is 0 Å². The van der Waals surface area contributed by atoms with Crippen LogP contribution in [0, 0.1) is 14.3 Å². The molecular formula is C20H4Cl4I4O5. The van der Waals surface area contributed by atoms with Gasteiger partial charge in [0.15, 0.2) is 11.3 Å². The summed E-state index contributed by atoms with van der Waals surface area (Å²) in [6.45, 7) is 0. The quantitative estimate of drug-likeness (QED) is 0.0908. The van der Waals surface area contributed by atoms with Crippen LogP contribution in [0.25, 0.3) is 33.4 Å². The maximum atomic E-state index is 12.7. The number of fused-ring (bicyclic) bond motifs is 2. The molecule has 0 atom stereocenters. The summed E-state index contributed by atoms with van der Waals surface area (Å²) < 4.78 is 7.64. The van der Waals surface area contributed by atoms with Crippen LogP contribution in [-0.4, -0.2) is 16.2 Å². The Morgan fingerprint density at radius 3 is 2.12 bits per heavy atom. The van der Waals surface area contributed by atoms with Crippen molar-refractivity contribution in [2.24, 2.45) is 0 Å². The van der Waals surface area contributed by atoms with E-state index in [2.05, 4.69) is 0 Å². The zero-order valence-corrected chi connectivity index (χ0v) is 27.0. The van der Waals surface area contributed by atoms with Crippen LogP contribution in [0.1, 0.15) is 10.4 Å². The summed E-state index contributed by atoms with van der Waals surface area (Å²) in [5.41, 5.74) is 0.423. The van der Waals surface area contributed by atoms with Gasteiger partial charge in [-0.25, -0.2) is 4.79 Å². The fourth-order valence-electron chi connectivity index (χ4n) is 3.33. The lowest BCUT2D eigenvalue weighted by Gasteiger charge is -2.21. The summed E-state index contributed by atoms with van der Waals surface area (Å²) in [4.78, 5) is 25.0. The van der Waals surface area contributed by atoms with Gasteiger partial charge in [0.05, 0.1) is 36.4 Å². The highest BCUT2D eigenvalue weighted by atomic mass is 127. The predicted molar refractivity (Wildman–Crippen MR) is 164 cm³/mol. The van der Waals surface area contributed by atoms with E-state index in [1.165, 1.54) is 0 Å². The van der Waals surface area contributed by atoms with E-state index >= 15 is 0 Å². The van der Waals surface area contributed by atoms with E-state index in [-0.39, 0.29) is 57.3 Å². The van der Waals surface area contributed by atoms with Crippen molar-refractivity contribution in [1.29, 1.82) is 0 Å². The van der Waals surface area contributed by atoms with Crippen LogP contribution in [0.15, 0.2) is 21.3 Å². The van der Waals surface area contributed by atoms with Crippen molar-refractivity contribution in [3.63, 3.8) is 0 Å². The Labute approximate surface area is 260 Å². The largest absolute Gasteiger partial charge is 0.506 e. The molecule has 2 N–H and O–H groups in total. The number of halogens is 8. The highest BCUT2D eigenvalue weighted by Gasteiger charge is 2.32. The first kappa shape index (κ1) is 26.5. The third-order valence-electron chi connectivity index (χ3n) is 4.75. The van der Waals surface area contributed by atoms with Gasteiger partial charge >= 0.3 is 5.97 Å². The molecule has 2 aliphatic rings. The van der Waals surface area contributed by atoms with Gasteiger partial charge in [-0.05, 0) is 102 Å². The molecule has 0 amide bonds. The predicted octanol–water partition coefficient (Wildman–Crippen LogP) is 9.00. The third kappa shape index (κ3) is 4.23. The Morgan fingerprint density at radius 1 is 0.909 bits per heavy atom. The Balaban J connectivity index is 2.43. The number of phenols is 1. The molecule has 0 aromatic heterocycles. The lowest BCUT2D eigenvalue weighted by atomic mass is 9.90. The maximum Gasteiger partial charge on any atom is 0.337 e. The van der Waals surface area contributed by atoms with Crippen molar-refractivity contribution in [2.45, 2.75) is 0 Å². The number of phenolic OH excluding ortho intramolecular Hbond substituents is 1. The zero-order valence-electron chi connectivity index (χ0n) is 15.3. The van der Waals surface area contributed by atoms with E-state index in [0.717, 1.165) is 0 Å². The molecule has 2 aromatic rings. The van der Waals surface area contributed by atoms with Crippen LogP contribution in [0.3, 0.4) is 0 Å². The second-order valence-electron chi connectivity index (χ2n) is 6.56. The van der Waals surface area contributed by atoms with E-state index in [1.807, 2.05) is 90.4 Å². The molecule has 1 heterocycles. The van der Waals surface area contributed by atoms with Crippen LogP contribution >= 0.6 is 137 Å². The van der Waals surface area contributed by atoms with Gasteiger partial charge in [-0.2, -0.15) is 0 Å². The van der Waals surface area contributed by atoms with E-state index in [9.17, 15) is 19.8 Å². The fraction of sp³-hybridized carbons (Fsp3) is 0. The number of hydrogen-bond donors (Lipinski definition) is 2. The van der Waals surface area contributed by atoms with E-state index in [4.69, 9.17) is 50.8 Å². The number of rotatable bonds is 2. The minimum absolute atomic E-state index is 0.0163. The van der Waals surface area contributed by atoms with E-state index in [1.54, 1.807) is 12.1 Å². The second kappa shape index (κ2) is 9.74. The van der Waals surface area contributed by atoms with Crippen LogP contribution in [0.2, 0.25) is 20.1 Å². The van der Waals surface area contributed by atoms with Crippen LogP contribution in [-0.2, 0) is 0 Å². The number of aromatic hydroxyl groups is 1. The van der Waals surface area contributed by atoms with Gasteiger partial charge in [-0.1, -0.05) is 46.4 Å². The number of hydrogen-bond acceptors (Lipinski definition) is 4. The number of carbonyl (C=O) groups is 1. The SMILES string of the molecule is O=C(O)c1c(Cl)c(Cl)c(Cl)c(Cl)c1-c1c2cc([125I])c(=O)c(I)c-2oc2c(I)c(O)c([125I])cc12. The summed E-state index contributed by atoms with van der Waals surface area (Å²) >= 11 is 33.1. The van der Waals surface area contributed by atoms with Crippen LogP contribution in [0.4, 0.5) is 0 Å². The van der Waals surface area contributed by atoms with E-state index < -0.39 is 5.97 Å². The molecule has 5 nitrogen and oxygen atoms in total. The lowest BCUT2D eigenvalue weighted by molar-refractivity contribution is 0.0698. The first-order chi connectivity index (χ1) is 15.4. The molecule has 2 aromatic carbocycles. The number of aromatic carboxylic acids is 1. The molecular weight excluding hydrogens is 966 g/mol. The lowest BCUT2D eigenvalue weighted by Crippen LogP contribution is -2.13. The molecule has 170 valence electrons. The average molecular weight is 970 g/mol. The highest BCUT2D eigenvalue weighted by Crippen LogP contribution is 2.52. The molecule has 0 fully saturated rings. The Hall–Kier alpha value is 0.480. The van der Waals surface area contributed by atoms with Crippen molar-refractivity contribution in [1.82, 2.24) is 0 Å². The first-order valence-electron chi connectivity index (χ1n) is 8.43. The number of carboxylic acids is 1. The summed E-state index contributed by atoms with van der Waals surface area (Å²) in [5.74, 6) is -1.18. The van der Waals surface area contributed by atoms with Gasteiger partial charge < -0.3 is 14.6 Å². The first-order valence-corrected chi connectivity index (χ1v) is 14.3. The standard InChI is InChI=1S/C20H4Cl4I4O5/c21-10-8(9(20(31)32)11(22)13(24)12(10)23)7-3-1-5(25)16(29)14(27)18(3)33-19-4(7)2-6(26)17(30)15(19)28/h1-2,29H,(H,31,32)/i25-2,26-2. The maximum absolute atomic E-state index is 12.7. The van der Waals surface area contributed by atoms with Gasteiger partial charge in [0, 0.05) is 22.1 Å². The van der Waals surface area contributed by atoms with Crippen LogP contribution < -0.4 is 5.43 Å². The average Bonchev–Trinajstić information content (AvgIpc) is 2.76. The highest BCUT2D eigenvalue weighted by molar-refractivity contribution is 14.1. The van der Waals surface area contributed by atoms with Crippen molar-refractivity contribution < 1.29 is 19.4 Å². The summed E-state index contributed by atoms with van der Waals surface area (Å²) in [7, 11) is 0. The number of benzene rings is 3. The molecule has 0 saturated carbocycles. The van der Waals surface area contributed by atoms with Gasteiger partial charge in [0.25, 0.3) is 0 Å². The minimum atomic E-state index is -1.37. The molecule has 1 aliphatic heterocycles. The minimum Gasteiger partial charge on any atom is -0.506 e. The Bertz CT molecular complexity index is 1570. The molecule has 4 rings (SSSR count). The van der Waals surface area contributed by atoms with E-state index in [0.29, 0.717) is 27.2 Å². The van der Waals surface area contributed by atoms with Crippen molar-refractivity contribution in [3.05, 3.63) is 62.3 Å². The van der Waals surface area contributed by atoms with Gasteiger partial charge in [-0.3, -0.25) is 4.79 Å². The third-order valence-corrected chi connectivity index (χ3v) is 10.2. The molecule has 0 spiro atoms. The zero-order chi connectivity index (χ0) is 24.5. The molecule has 0 bridgehead atoms. The molecule has 1 aliphatic carbocycles.